The number of nitrogens with zero attached hydrogens (tertiary/aromatic N) is 1. The highest BCUT2D eigenvalue weighted by Gasteiger charge is 2.24. The van der Waals surface area contributed by atoms with E-state index in [2.05, 4.69) is 26.5 Å². The average Bonchev–Trinajstić information content (AvgIpc) is 2.91. The number of hydrogen-bond acceptors (Lipinski definition) is 7. The van der Waals surface area contributed by atoms with Gasteiger partial charge in [-0.25, -0.2) is 14.4 Å². The maximum atomic E-state index is 12.4. The number of carbonyl (C=O) groups is 5. The number of hydrazone groups is 1. The van der Waals surface area contributed by atoms with Gasteiger partial charge in [0.25, 0.3) is 5.91 Å². The molecular weight excluding hydrogens is 522 g/mol. The van der Waals surface area contributed by atoms with Crippen molar-refractivity contribution in [2.24, 2.45) is 5.10 Å². The quantitative estimate of drug-likeness (QED) is 0.0920. The Morgan fingerprint density at radius 1 is 0.825 bits per heavy atom. The van der Waals surface area contributed by atoms with Crippen LogP contribution in [0.25, 0.3) is 0 Å². The molecule has 0 heterocycles. The van der Waals surface area contributed by atoms with E-state index in [4.69, 9.17) is 10.2 Å². The van der Waals surface area contributed by atoms with Crippen LogP contribution >= 0.6 is 0 Å². The molecule has 13 heteroatoms. The molecule has 3 amide bonds. The summed E-state index contributed by atoms with van der Waals surface area (Å²) in [5.41, 5.74) is 6.14. The average molecular weight is 556 g/mol. The maximum Gasteiger partial charge on any atom is 0.326 e. The van der Waals surface area contributed by atoms with Gasteiger partial charge in [0.1, 0.15) is 12.1 Å². The van der Waals surface area contributed by atoms with Gasteiger partial charge in [-0.3, -0.25) is 15.0 Å². The SMILES string of the molecule is Cc1ccc(/C=N/Nc2ccc(C(=O)NCCCCC(NC(=O)NC(CCC(=O)O)C(=O)O)C(=O)O)cc2)cc1. The third-order valence-electron chi connectivity index (χ3n) is 5.69. The van der Waals surface area contributed by atoms with E-state index < -0.39 is 42.4 Å². The summed E-state index contributed by atoms with van der Waals surface area (Å²) in [7, 11) is 0. The zero-order valence-electron chi connectivity index (χ0n) is 21.9. The number of aryl methyl sites for hydroxylation is 1. The summed E-state index contributed by atoms with van der Waals surface area (Å²) in [4.78, 5) is 57.7. The number of carboxylic acids is 3. The lowest BCUT2D eigenvalue weighted by atomic mass is 10.1. The first-order chi connectivity index (χ1) is 19.0. The van der Waals surface area contributed by atoms with Gasteiger partial charge >= 0.3 is 23.9 Å². The Bertz CT molecular complexity index is 1200. The maximum absolute atomic E-state index is 12.4. The number of rotatable bonds is 16. The van der Waals surface area contributed by atoms with Crippen molar-refractivity contribution in [1.29, 1.82) is 0 Å². The Hall–Kier alpha value is -4.94. The molecule has 0 aliphatic heterocycles. The van der Waals surface area contributed by atoms with Crippen molar-refractivity contribution < 1.29 is 39.3 Å². The highest BCUT2D eigenvalue weighted by atomic mass is 16.4. The number of urea groups is 1. The second-order valence-corrected chi connectivity index (χ2v) is 8.94. The normalized spacial score (nSPS) is 12.2. The molecule has 0 saturated carbocycles. The Morgan fingerprint density at radius 2 is 1.43 bits per heavy atom. The molecule has 214 valence electrons. The van der Waals surface area contributed by atoms with E-state index in [0.717, 1.165) is 11.1 Å². The van der Waals surface area contributed by atoms with Crippen LogP contribution in [0.5, 0.6) is 0 Å². The van der Waals surface area contributed by atoms with Crippen LogP contribution in [0.15, 0.2) is 53.6 Å². The van der Waals surface area contributed by atoms with Crippen molar-refractivity contribution in [3.8, 4) is 0 Å². The topological polar surface area (TPSA) is 207 Å². The van der Waals surface area contributed by atoms with Gasteiger partial charge in [0, 0.05) is 18.5 Å². The third-order valence-corrected chi connectivity index (χ3v) is 5.69. The fourth-order valence-corrected chi connectivity index (χ4v) is 3.45. The molecule has 40 heavy (non-hydrogen) atoms. The van der Waals surface area contributed by atoms with Crippen LogP contribution in [-0.4, -0.2) is 70.0 Å². The minimum absolute atomic E-state index is 0.0367. The number of aliphatic carboxylic acids is 3. The number of benzene rings is 2. The molecule has 2 aromatic carbocycles. The van der Waals surface area contributed by atoms with E-state index in [0.29, 0.717) is 24.1 Å². The predicted molar refractivity (Wildman–Crippen MR) is 146 cm³/mol. The van der Waals surface area contributed by atoms with Crippen molar-refractivity contribution in [3.63, 3.8) is 0 Å². The first-order valence-electron chi connectivity index (χ1n) is 12.5. The molecule has 0 bridgehead atoms. The molecule has 2 aromatic rings. The molecule has 2 rings (SSSR count). The smallest absolute Gasteiger partial charge is 0.326 e. The minimum atomic E-state index is -1.47. The van der Waals surface area contributed by atoms with Crippen molar-refractivity contribution in [3.05, 3.63) is 65.2 Å². The summed E-state index contributed by atoms with van der Waals surface area (Å²) in [6.07, 6.45) is 1.68. The van der Waals surface area contributed by atoms with E-state index in [1.54, 1.807) is 30.5 Å². The van der Waals surface area contributed by atoms with Gasteiger partial charge in [0.15, 0.2) is 0 Å². The van der Waals surface area contributed by atoms with E-state index in [9.17, 15) is 29.1 Å². The van der Waals surface area contributed by atoms with E-state index in [-0.39, 0.29) is 25.3 Å². The van der Waals surface area contributed by atoms with Gasteiger partial charge in [-0.1, -0.05) is 29.8 Å². The Kier molecular flexibility index (Phi) is 12.6. The van der Waals surface area contributed by atoms with Crippen LogP contribution in [0.3, 0.4) is 0 Å². The fraction of sp³-hybridized carbons (Fsp3) is 0.333. The molecule has 0 aromatic heterocycles. The van der Waals surface area contributed by atoms with Crippen molar-refractivity contribution in [2.45, 2.75) is 51.1 Å². The van der Waals surface area contributed by atoms with Gasteiger partial charge in [-0.2, -0.15) is 5.10 Å². The Labute approximate surface area is 230 Å². The highest BCUT2D eigenvalue weighted by Crippen LogP contribution is 2.10. The van der Waals surface area contributed by atoms with Crippen molar-refractivity contribution in [1.82, 2.24) is 16.0 Å². The zero-order chi connectivity index (χ0) is 29.5. The van der Waals surface area contributed by atoms with Crippen LogP contribution in [0.1, 0.15) is 53.6 Å². The first kappa shape index (κ1) is 31.3. The molecule has 0 radical (unpaired) electrons. The number of carbonyl (C=O) groups excluding carboxylic acids is 2. The molecular formula is C27H33N5O8. The van der Waals surface area contributed by atoms with E-state index in [1.165, 1.54) is 0 Å². The molecule has 0 aliphatic rings. The summed E-state index contributed by atoms with van der Waals surface area (Å²) in [5, 5.41) is 38.3. The zero-order valence-corrected chi connectivity index (χ0v) is 21.9. The third kappa shape index (κ3) is 11.6. The van der Waals surface area contributed by atoms with Crippen molar-refractivity contribution >= 4 is 41.7 Å². The van der Waals surface area contributed by atoms with Gasteiger partial charge in [-0.15, -0.1) is 0 Å². The van der Waals surface area contributed by atoms with Crippen LogP contribution in [0.4, 0.5) is 10.5 Å². The van der Waals surface area contributed by atoms with Crippen LogP contribution < -0.4 is 21.4 Å². The van der Waals surface area contributed by atoms with Crippen LogP contribution in [0.2, 0.25) is 0 Å². The molecule has 0 aliphatic carbocycles. The molecule has 13 nitrogen and oxygen atoms in total. The Balaban J connectivity index is 1.72. The standard InChI is InChI=1S/C27H33N5O8/c1-17-5-7-18(8-6-17)16-29-32-20-11-9-19(10-12-20)24(35)28-15-3-2-4-21(25(36)37)30-27(40)31-22(26(38)39)13-14-23(33)34/h5-12,16,21-22,32H,2-4,13-15H2,1H3,(H,28,35)(H,33,34)(H,36,37)(H,38,39)(H2,30,31,40)/b29-16+. The molecule has 0 spiro atoms. The lowest BCUT2D eigenvalue weighted by Crippen LogP contribution is -2.51. The molecule has 0 saturated heterocycles. The number of carboxylic acid groups (broad SMARTS) is 3. The van der Waals surface area contributed by atoms with Crippen LogP contribution in [0, 0.1) is 6.92 Å². The van der Waals surface area contributed by atoms with E-state index in [1.807, 2.05) is 31.2 Å². The lowest BCUT2D eigenvalue weighted by molar-refractivity contribution is -0.140. The summed E-state index contributed by atoms with van der Waals surface area (Å²) >= 11 is 0. The van der Waals surface area contributed by atoms with Gasteiger partial charge in [-0.05, 0) is 62.4 Å². The lowest BCUT2D eigenvalue weighted by Gasteiger charge is -2.18. The van der Waals surface area contributed by atoms with Crippen LogP contribution in [-0.2, 0) is 14.4 Å². The predicted octanol–water partition coefficient (Wildman–Crippen LogP) is 2.41. The largest absolute Gasteiger partial charge is 0.481 e. The number of nitrogens with one attached hydrogen (secondary N) is 4. The highest BCUT2D eigenvalue weighted by molar-refractivity contribution is 5.94. The molecule has 2 unspecified atom stereocenters. The van der Waals surface area contributed by atoms with Gasteiger partial charge in [0.05, 0.1) is 11.9 Å². The molecule has 7 N–H and O–H groups in total. The molecule has 2 atom stereocenters. The summed E-state index contributed by atoms with van der Waals surface area (Å²) in [6, 6.07) is 10.8. The Morgan fingerprint density at radius 3 is 2.00 bits per heavy atom. The number of unbranched alkanes of at least 4 members (excludes halogenated alkanes) is 1. The number of amides is 3. The first-order valence-corrected chi connectivity index (χ1v) is 12.5. The fourth-order valence-electron chi connectivity index (χ4n) is 3.45. The number of anilines is 1. The summed E-state index contributed by atoms with van der Waals surface area (Å²) < 4.78 is 0. The molecule has 0 fully saturated rings. The minimum Gasteiger partial charge on any atom is -0.481 e. The van der Waals surface area contributed by atoms with Gasteiger partial charge in [0.2, 0.25) is 0 Å². The second kappa shape index (κ2) is 16.1. The number of hydrogen-bond donors (Lipinski definition) is 7. The monoisotopic (exact) mass is 555 g/mol. The van der Waals surface area contributed by atoms with Crippen molar-refractivity contribution in [2.75, 3.05) is 12.0 Å². The second-order valence-electron chi connectivity index (χ2n) is 8.94. The van der Waals surface area contributed by atoms with Gasteiger partial charge < -0.3 is 31.3 Å². The van der Waals surface area contributed by atoms with E-state index >= 15 is 0 Å². The summed E-state index contributed by atoms with van der Waals surface area (Å²) in [5.74, 6) is -4.27. The summed E-state index contributed by atoms with van der Waals surface area (Å²) in [6.45, 7) is 2.28.